The molecule has 0 saturated heterocycles. The molecule has 2 aromatic rings. The molecule has 110 valence electrons. The number of nitrogens with zero attached hydrogens (tertiary/aromatic N) is 2. The second kappa shape index (κ2) is 6.33. The second-order valence-corrected chi connectivity index (χ2v) is 6.47. The number of thiophene rings is 1. The van der Waals surface area contributed by atoms with Gasteiger partial charge < -0.3 is 10.6 Å². The normalized spacial score (nSPS) is 10.8. The van der Waals surface area contributed by atoms with Gasteiger partial charge in [-0.05, 0) is 32.0 Å². The maximum Gasteiger partial charge on any atom is 0.266 e. The van der Waals surface area contributed by atoms with Gasteiger partial charge in [-0.15, -0.1) is 11.3 Å². The number of benzene rings is 1. The molecule has 1 aromatic carbocycles. The van der Waals surface area contributed by atoms with Crippen molar-refractivity contribution < 1.29 is 4.79 Å². The number of rotatable bonds is 4. The minimum atomic E-state index is -0.130. The predicted molar refractivity (Wildman–Crippen MR) is 87.6 cm³/mol. The van der Waals surface area contributed by atoms with Gasteiger partial charge in [-0.1, -0.05) is 11.6 Å². The van der Waals surface area contributed by atoms with E-state index in [2.05, 4.69) is 6.07 Å². The van der Waals surface area contributed by atoms with Crippen LogP contribution in [0.3, 0.4) is 0 Å². The van der Waals surface area contributed by atoms with Gasteiger partial charge in [-0.2, -0.15) is 5.26 Å². The van der Waals surface area contributed by atoms with E-state index in [9.17, 15) is 4.79 Å². The molecule has 0 atom stereocenters. The van der Waals surface area contributed by atoms with E-state index in [1.54, 1.807) is 11.0 Å². The van der Waals surface area contributed by atoms with Crippen molar-refractivity contribution in [2.24, 2.45) is 0 Å². The molecule has 0 saturated carbocycles. The quantitative estimate of drug-likeness (QED) is 0.928. The largest absolute Gasteiger partial charge is 0.397 e. The summed E-state index contributed by atoms with van der Waals surface area (Å²) >= 11 is 7.32. The number of nitriles is 1. The van der Waals surface area contributed by atoms with Crippen molar-refractivity contribution in [3.8, 4) is 6.07 Å². The molecule has 21 heavy (non-hydrogen) atoms. The molecule has 0 unspecified atom stereocenters. The Bertz CT molecular complexity index is 718. The summed E-state index contributed by atoms with van der Waals surface area (Å²) in [6.45, 7) is 4.26. The Morgan fingerprint density at radius 3 is 2.86 bits per heavy atom. The first-order valence-electron chi connectivity index (χ1n) is 6.61. The van der Waals surface area contributed by atoms with Gasteiger partial charge >= 0.3 is 0 Å². The maximum atomic E-state index is 12.7. The molecular weight excluding hydrogens is 306 g/mol. The van der Waals surface area contributed by atoms with Crippen LogP contribution in [-0.4, -0.2) is 23.4 Å². The van der Waals surface area contributed by atoms with Crippen molar-refractivity contribution in [2.45, 2.75) is 26.3 Å². The number of amides is 1. The third-order valence-electron chi connectivity index (χ3n) is 3.23. The smallest absolute Gasteiger partial charge is 0.266 e. The monoisotopic (exact) mass is 321 g/mol. The number of hydrogen-bond donors (Lipinski definition) is 1. The fraction of sp³-hybridized carbons (Fsp3) is 0.333. The van der Waals surface area contributed by atoms with Gasteiger partial charge in [0, 0.05) is 27.7 Å². The van der Waals surface area contributed by atoms with Crippen LogP contribution in [0.1, 0.15) is 29.9 Å². The molecule has 0 spiro atoms. The lowest BCUT2D eigenvalue weighted by Gasteiger charge is -2.25. The number of halogens is 1. The average molecular weight is 322 g/mol. The van der Waals surface area contributed by atoms with Crippen LogP contribution in [-0.2, 0) is 0 Å². The third-order valence-corrected chi connectivity index (χ3v) is 4.62. The van der Waals surface area contributed by atoms with Gasteiger partial charge in [0.1, 0.15) is 4.88 Å². The first-order chi connectivity index (χ1) is 9.95. The summed E-state index contributed by atoms with van der Waals surface area (Å²) in [5.41, 5.74) is 6.60. The first-order valence-corrected chi connectivity index (χ1v) is 7.80. The highest BCUT2D eigenvalue weighted by atomic mass is 35.5. The Morgan fingerprint density at radius 2 is 2.24 bits per heavy atom. The topological polar surface area (TPSA) is 70.1 Å². The number of carbonyl (C=O) groups is 1. The summed E-state index contributed by atoms with van der Waals surface area (Å²) in [6, 6.07) is 7.48. The number of anilines is 1. The molecule has 0 aliphatic rings. The van der Waals surface area contributed by atoms with Crippen molar-refractivity contribution in [3.63, 3.8) is 0 Å². The zero-order chi connectivity index (χ0) is 15.6. The van der Waals surface area contributed by atoms with Gasteiger partial charge in [0.05, 0.1) is 18.2 Å². The van der Waals surface area contributed by atoms with Crippen LogP contribution in [0, 0.1) is 11.3 Å². The van der Waals surface area contributed by atoms with Crippen molar-refractivity contribution >= 4 is 44.6 Å². The number of nitrogens with two attached hydrogens (primary N) is 1. The van der Waals surface area contributed by atoms with E-state index in [1.165, 1.54) is 11.3 Å². The van der Waals surface area contributed by atoms with E-state index in [1.807, 2.05) is 26.0 Å². The minimum Gasteiger partial charge on any atom is -0.397 e. The summed E-state index contributed by atoms with van der Waals surface area (Å²) in [4.78, 5) is 14.9. The average Bonchev–Trinajstić information content (AvgIpc) is 2.75. The van der Waals surface area contributed by atoms with Crippen molar-refractivity contribution in [3.05, 3.63) is 28.1 Å². The highest BCUT2D eigenvalue weighted by Gasteiger charge is 2.23. The number of fused-ring (bicyclic) bond motifs is 1. The van der Waals surface area contributed by atoms with Crippen molar-refractivity contribution in [2.75, 3.05) is 12.3 Å². The molecule has 2 rings (SSSR count). The molecule has 0 bridgehead atoms. The molecule has 2 N–H and O–H groups in total. The lowest BCUT2D eigenvalue weighted by Crippen LogP contribution is -2.37. The fourth-order valence-electron chi connectivity index (χ4n) is 2.14. The molecule has 1 aromatic heterocycles. The Balaban J connectivity index is 2.42. The van der Waals surface area contributed by atoms with E-state index in [4.69, 9.17) is 22.6 Å². The molecule has 1 amide bonds. The number of carbonyl (C=O) groups excluding carboxylic acids is 1. The SMILES string of the molecule is CC(C)N(CCC#N)C(=O)c1sc2cc(Cl)ccc2c1N. The highest BCUT2D eigenvalue weighted by Crippen LogP contribution is 2.36. The Labute approximate surface area is 132 Å². The van der Waals surface area contributed by atoms with Gasteiger partial charge in [-0.25, -0.2) is 0 Å². The zero-order valence-corrected chi connectivity index (χ0v) is 13.5. The summed E-state index contributed by atoms with van der Waals surface area (Å²) in [5.74, 6) is -0.130. The van der Waals surface area contributed by atoms with E-state index >= 15 is 0 Å². The first kappa shape index (κ1) is 15.6. The Morgan fingerprint density at radius 1 is 1.52 bits per heavy atom. The lowest BCUT2D eigenvalue weighted by molar-refractivity contribution is 0.0716. The van der Waals surface area contributed by atoms with Crippen LogP contribution in [0.4, 0.5) is 5.69 Å². The summed E-state index contributed by atoms with van der Waals surface area (Å²) < 4.78 is 0.896. The molecule has 0 fully saturated rings. The van der Waals surface area contributed by atoms with Crippen LogP contribution < -0.4 is 5.73 Å². The standard InChI is InChI=1S/C15H16ClN3OS/c1-9(2)19(7-3-6-17)15(20)14-13(18)11-5-4-10(16)8-12(11)21-14/h4-5,8-9H,3,7,18H2,1-2H3. The Hall–Kier alpha value is -1.77. The zero-order valence-electron chi connectivity index (χ0n) is 11.9. The molecule has 0 aliphatic carbocycles. The highest BCUT2D eigenvalue weighted by molar-refractivity contribution is 7.21. The van der Waals surface area contributed by atoms with Crippen LogP contribution >= 0.6 is 22.9 Å². The summed E-state index contributed by atoms with van der Waals surface area (Å²) in [6.07, 6.45) is 0.306. The van der Waals surface area contributed by atoms with Crippen molar-refractivity contribution in [1.82, 2.24) is 4.90 Å². The van der Waals surface area contributed by atoms with E-state index in [0.717, 1.165) is 10.1 Å². The molecular formula is C15H16ClN3OS. The molecule has 0 aliphatic heterocycles. The van der Waals surface area contributed by atoms with E-state index in [0.29, 0.717) is 28.6 Å². The summed E-state index contributed by atoms with van der Waals surface area (Å²) in [5, 5.41) is 10.2. The molecule has 0 radical (unpaired) electrons. The van der Waals surface area contributed by atoms with E-state index < -0.39 is 0 Å². The molecule has 1 heterocycles. The van der Waals surface area contributed by atoms with Crippen LogP contribution in [0.25, 0.3) is 10.1 Å². The second-order valence-electron chi connectivity index (χ2n) is 4.99. The molecule has 4 nitrogen and oxygen atoms in total. The predicted octanol–water partition coefficient (Wildman–Crippen LogP) is 3.90. The fourth-order valence-corrected chi connectivity index (χ4v) is 3.50. The third kappa shape index (κ3) is 3.12. The van der Waals surface area contributed by atoms with Crippen LogP contribution in [0.15, 0.2) is 18.2 Å². The van der Waals surface area contributed by atoms with E-state index in [-0.39, 0.29) is 11.9 Å². The van der Waals surface area contributed by atoms with Gasteiger partial charge in [0.15, 0.2) is 0 Å². The van der Waals surface area contributed by atoms with Gasteiger partial charge in [-0.3, -0.25) is 4.79 Å². The lowest BCUT2D eigenvalue weighted by atomic mass is 10.2. The molecule has 6 heteroatoms. The van der Waals surface area contributed by atoms with Gasteiger partial charge in [0.2, 0.25) is 0 Å². The number of nitrogen functional groups attached to an aromatic ring is 1. The minimum absolute atomic E-state index is 0.0130. The Kier molecular flexibility index (Phi) is 4.71. The van der Waals surface area contributed by atoms with Crippen LogP contribution in [0.2, 0.25) is 5.02 Å². The van der Waals surface area contributed by atoms with Gasteiger partial charge in [0.25, 0.3) is 5.91 Å². The van der Waals surface area contributed by atoms with Crippen LogP contribution in [0.5, 0.6) is 0 Å². The maximum absolute atomic E-state index is 12.7. The number of hydrogen-bond acceptors (Lipinski definition) is 4. The summed E-state index contributed by atoms with van der Waals surface area (Å²) in [7, 11) is 0. The van der Waals surface area contributed by atoms with Crippen molar-refractivity contribution in [1.29, 1.82) is 5.26 Å².